The second-order valence-corrected chi connectivity index (χ2v) is 2.25. The van der Waals surface area contributed by atoms with E-state index in [1.165, 1.54) is 14.2 Å². The van der Waals surface area contributed by atoms with Crippen LogP contribution < -0.4 is 10.6 Å². The number of nitrogens with one attached hydrogen (secondary N) is 2. The molecule has 0 aromatic rings. The number of carbonyl (C=O) groups excluding carboxylic acids is 2. The third-order valence-electron chi connectivity index (χ3n) is 1.06. The molecular weight excluding hydrogens is 172 g/mol. The molecule has 0 saturated carbocycles. The first kappa shape index (κ1) is 14.4. The Labute approximate surface area is 78.8 Å². The van der Waals surface area contributed by atoms with Crippen molar-refractivity contribution in [2.24, 2.45) is 0 Å². The lowest BCUT2D eigenvalue weighted by Crippen LogP contribution is -2.18. The summed E-state index contributed by atoms with van der Waals surface area (Å²) in [5.74, 6) is -0.506. The zero-order chi connectivity index (χ0) is 10.7. The molecule has 0 saturated heterocycles. The Hall–Kier alpha value is -1.10. The predicted octanol–water partition coefficient (Wildman–Crippen LogP) is -0.479. The quantitative estimate of drug-likeness (QED) is 0.590. The third-order valence-corrected chi connectivity index (χ3v) is 1.06. The molecule has 0 fully saturated rings. The predicted molar refractivity (Wildman–Crippen MR) is 50.3 cm³/mol. The van der Waals surface area contributed by atoms with Crippen molar-refractivity contribution in [1.82, 2.24) is 10.6 Å². The molecule has 0 atom stereocenters. The lowest BCUT2D eigenvalue weighted by Gasteiger charge is -1.97. The maximum absolute atomic E-state index is 10.5. The summed E-state index contributed by atoms with van der Waals surface area (Å²) < 4.78 is 4.33. The summed E-state index contributed by atoms with van der Waals surface area (Å²) >= 11 is 0. The zero-order valence-electron chi connectivity index (χ0n) is 8.64. The number of carbonyl (C=O) groups is 2. The van der Waals surface area contributed by atoms with Crippen molar-refractivity contribution < 1.29 is 14.3 Å². The Kier molecular flexibility index (Phi) is 12.1. The molecule has 5 nitrogen and oxygen atoms in total. The fourth-order valence-electron chi connectivity index (χ4n) is 0.443. The van der Waals surface area contributed by atoms with Crippen LogP contribution in [0.4, 0.5) is 0 Å². The van der Waals surface area contributed by atoms with Crippen LogP contribution in [0.5, 0.6) is 0 Å². The van der Waals surface area contributed by atoms with Crippen molar-refractivity contribution in [2.75, 3.05) is 28.3 Å². The fourth-order valence-corrected chi connectivity index (χ4v) is 0.443. The van der Waals surface area contributed by atoms with E-state index < -0.39 is 0 Å². The molecule has 0 radical (unpaired) electrons. The van der Waals surface area contributed by atoms with Crippen molar-refractivity contribution in [3.8, 4) is 0 Å². The smallest absolute Gasteiger partial charge is 0.306 e. The first-order valence-corrected chi connectivity index (χ1v) is 3.98. The van der Waals surface area contributed by atoms with Crippen LogP contribution in [0.3, 0.4) is 0 Å². The SMILES string of the molecule is CNC.CNC(=O)CCC(=O)OC. The molecule has 78 valence electrons. The van der Waals surface area contributed by atoms with Gasteiger partial charge in [0, 0.05) is 13.5 Å². The van der Waals surface area contributed by atoms with Crippen LogP contribution in [0.1, 0.15) is 12.8 Å². The van der Waals surface area contributed by atoms with E-state index in [-0.39, 0.29) is 24.7 Å². The lowest BCUT2D eigenvalue weighted by molar-refractivity contribution is -0.142. The maximum atomic E-state index is 10.5. The lowest BCUT2D eigenvalue weighted by atomic mass is 10.3. The number of rotatable bonds is 3. The van der Waals surface area contributed by atoms with Gasteiger partial charge in [0.25, 0.3) is 0 Å². The van der Waals surface area contributed by atoms with E-state index in [4.69, 9.17) is 0 Å². The molecule has 0 aliphatic rings. The van der Waals surface area contributed by atoms with Gasteiger partial charge in [0.2, 0.25) is 5.91 Å². The molecule has 1 amide bonds. The number of hydrogen-bond acceptors (Lipinski definition) is 4. The minimum absolute atomic E-state index is 0.148. The summed E-state index contributed by atoms with van der Waals surface area (Å²) in [5, 5.41) is 5.15. The largest absolute Gasteiger partial charge is 0.469 e. The van der Waals surface area contributed by atoms with Gasteiger partial charge in [-0.1, -0.05) is 0 Å². The Balaban J connectivity index is 0. The Morgan fingerprint density at radius 2 is 1.62 bits per heavy atom. The highest BCUT2D eigenvalue weighted by molar-refractivity contribution is 5.80. The molecule has 2 N–H and O–H groups in total. The topological polar surface area (TPSA) is 67.4 Å². The zero-order valence-corrected chi connectivity index (χ0v) is 8.64. The average Bonchev–Trinajstić information content (AvgIpc) is 2.14. The van der Waals surface area contributed by atoms with E-state index in [9.17, 15) is 9.59 Å². The fraction of sp³-hybridized carbons (Fsp3) is 0.750. The monoisotopic (exact) mass is 190 g/mol. The summed E-state index contributed by atoms with van der Waals surface area (Å²) in [6, 6.07) is 0. The van der Waals surface area contributed by atoms with Crippen LogP contribution in [0.25, 0.3) is 0 Å². The molecule has 0 rings (SSSR count). The highest BCUT2D eigenvalue weighted by Crippen LogP contribution is 1.89. The molecule has 0 aromatic carbocycles. The van der Waals surface area contributed by atoms with Crippen LogP contribution in [0.15, 0.2) is 0 Å². The van der Waals surface area contributed by atoms with Gasteiger partial charge in [-0.25, -0.2) is 0 Å². The van der Waals surface area contributed by atoms with Gasteiger partial charge >= 0.3 is 5.97 Å². The van der Waals surface area contributed by atoms with Crippen molar-refractivity contribution in [3.05, 3.63) is 0 Å². The van der Waals surface area contributed by atoms with Crippen LogP contribution in [0, 0.1) is 0 Å². The van der Waals surface area contributed by atoms with Gasteiger partial charge in [-0.2, -0.15) is 0 Å². The molecule has 0 aliphatic heterocycles. The van der Waals surface area contributed by atoms with Crippen LogP contribution in [-0.4, -0.2) is 40.1 Å². The number of hydrogen-bond donors (Lipinski definition) is 2. The van der Waals surface area contributed by atoms with E-state index in [0.29, 0.717) is 0 Å². The maximum Gasteiger partial charge on any atom is 0.306 e. The number of amides is 1. The third kappa shape index (κ3) is 13.8. The van der Waals surface area contributed by atoms with E-state index in [0.717, 1.165) is 0 Å². The van der Waals surface area contributed by atoms with Crippen molar-refractivity contribution in [3.63, 3.8) is 0 Å². The van der Waals surface area contributed by atoms with Crippen LogP contribution in [-0.2, 0) is 14.3 Å². The van der Waals surface area contributed by atoms with Crippen molar-refractivity contribution >= 4 is 11.9 Å². The van der Waals surface area contributed by atoms with Crippen molar-refractivity contribution in [2.45, 2.75) is 12.8 Å². The summed E-state index contributed by atoms with van der Waals surface area (Å²) in [6.45, 7) is 0. The standard InChI is InChI=1S/C6H11NO3.C2H7N/c1-7-5(8)3-4-6(9)10-2;1-3-2/h3-4H2,1-2H3,(H,7,8);3H,1-2H3. The summed E-state index contributed by atoms with van der Waals surface area (Å²) in [4.78, 5) is 20.9. The van der Waals surface area contributed by atoms with Crippen LogP contribution >= 0.6 is 0 Å². The number of methoxy groups -OCH3 is 1. The highest BCUT2D eigenvalue weighted by Gasteiger charge is 2.03. The highest BCUT2D eigenvalue weighted by atomic mass is 16.5. The van der Waals surface area contributed by atoms with Gasteiger partial charge in [-0.15, -0.1) is 0 Å². The van der Waals surface area contributed by atoms with Gasteiger partial charge in [0.05, 0.1) is 13.5 Å². The van der Waals surface area contributed by atoms with Gasteiger partial charge < -0.3 is 15.4 Å². The minimum atomic E-state index is -0.358. The second-order valence-electron chi connectivity index (χ2n) is 2.25. The summed E-state index contributed by atoms with van der Waals surface area (Å²) in [6.07, 6.45) is 0.347. The van der Waals surface area contributed by atoms with Crippen LogP contribution in [0.2, 0.25) is 0 Å². The Bertz CT molecular complexity index is 132. The number of ether oxygens (including phenoxy) is 1. The van der Waals surface area contributed by atoms with Crippen molar-refractivity contribution in [1.29, 1.82) is 0 Å². The Morgan fingerprint density at radius 3 is 1.92 bits per heavy atom. The second kappa shape index (κ2) is 10.9. The van der Waals surface area contributed by atoms with Gasteiger partial charge in [0.15, 0.2) is 0 Å². The molecule has 5 heteroatoms. The van der Waals surface area contributed by atoms with Gasteiger partial charge in [0.1, 0.15) is 0 Å². The first-order chi connectivity index (χ1) is 6.12. The van der Waals surface area contributed by atoms with Gasteiger partial charge in [-0.3, -0.25) is 9.59 Å². The van der Waals surface area contributed by atoms with E-state index in [2.05, 4.69) is 15.4 Å². The molecule has 0 aromatic heterocycles. The molecule has 0 unspecified atom stereocenters. The molecule has 13 heavy (non-hydrogen) atoms. The summed E-state index contributed by atoms with van der Waals surface area (Å²) in [7, 11) is 6.58. The summed E-state index contributed by atoms with van der Waals surface area (Å²) in [5.41, 5.74) is 0. The molecule has 0 bridgehead atoms. The molecular formula is C8H18N2O3. The van der Waals surface area contributed by atoms with E-state index in [1.807, 2.05) is 14.1 Å². The molecule has 0 aliphatic carbocycles. The average molecular weight is 190 g/mol. The number of esters is 1. The van der Waals surface area contributed by atoms with E-state index in [1.54, 1.807) is 0 Å². The Morgan fingerprint density at radius 1 is 1.15 bits per heavy atom. The minimum Gasteiger partial charge on any atom is -0.469 e. The molecule has 0 spiro atoms. The van der Waals surface area contributed by atoms with Gasteiger partial charge in [-0.05, 0) is 14.1 Å². The first-order valence-electron chi connectivity index (χ1n) is 3.98. The normalized spacial score (nSPS) is 8.00. The molecule has 0 heterocycles. The van der Waals surface area contributed by atoms with E-state index >= 15 is 0 Å².